The number of aryl methyl sites for hydroxylation is 1. The maximum atomic E-state index is 13.4. The molecule has 1 heterocycles. The van der Waals surface area contributed by atoms with Gasteiger partial charge in [0.1, 0.15) is 0 Å². The van der Waals surface area contributed by atoms with Crippen molar-refractivity contribution in [2.24, 2.45) is 0 Å². The van der Waals surface area contributed by atoms with E-state index < -0.39 is 0 Å². The van der Waals surface area contributed by atoms with Gasteiger partial charge in [0, 0.05) is 25.0 Å². The average Bonchev–Trinajstić information content (AvgIpc) is 3.22. The van der Waals surface area contributed by atoms with E-state index in [1.165, 1.54) is 11.1 Å². The van der Waals surface area contributed by atoms with Crippen molar-refractivity contribution >= 4 is 17.5 Å². The van der Waals surface area contributed by atoms with Crippen LogP contribution in [0.3, 0.4) is 0 Å². The van der Waals surface area contributed by atoms with Crippen molar-refractivity contribution in [2.45, 2.75) is 26.6 Å². The fourth-order valence-corrected chi connectivity index (χ4v) is 3.86. The second-order valence-electron chi connectivity index (χ2n) is 7.74. The van der Waals surface area contributed by atoms with Gasteiger partial charge in [0.05, 0.1) is 17.1 Å². The summed E-state index contributed by atoms with van der Waals surface area (Å²) in [5.41, 5.74) is 5.17. The van der Waals surface area contributed by atoms with E-state index in [0.29, 0.717) is 23.7 Å². The van der Waals surface area contributed by atoms with Gasteiger partial charge in [-0.15, -0.1) is 0 Å². The van der Waals surface area contributed by atoms with Crippen LogP contribution in [0, 0.1) is 6.92 Å². The maximum Gasteiger partial charge on any atom is 0.256 e. The maximum absolute atomic E-state index is 13.4. The summed E-state index contributed by atoms with van der Waals surface area (Å²) >= 11 is 6.35. The number of carbonyl (C=O) groups is 1. The number of hydrogen-bond acceptors (Lipinski definition) is 1. The van der Waals surface area contributed by atoms with Crippen molar-refractivity contribution in [3.05, 3.63) is 130 Å². The molecule has 0 saturated carbocycles. The number of rotatable bonds is 7. The first kappa shape index (κ1) is 21.0. The summed E-state index contributed by atoms with van der Waals surface area (Å²) in [4.78, 5) is 15.3. The molecule has 3 nitrogen and oxygen atoms in total. The van der Waals surface area contributed by atoms with E-state index in [9.17, 15) is 4.79 Å². The Kier molecular flexibility index (Phi) is 6.54. The van der Waals surface area contributed by atoms with Crippen LogP contribution in [0.2, 0.25) is 5.02 Å². The van der Waals surface area contributed by atoms with E-state index in [1.807, 2.05) is 53.4 Å². The highest BCUT2D eigenvalue weighted by Gasteiger charge is 2.20. The lowest BCUT2D eigenvalue weighted by Gasteiger charge is -2.24. The quantitative estimate of drug-likeness (QED) is 0.337. The molecule has 4 rings (SSSR count). The molecule has 0 spiro atoms. The molecule has 3 aromatic carbocycles. The summed E-state index contributed by atoms with van der Waals surface area (Å²) in [5, 5.41) is 0.473. The predicted octanol–water partition coefficient (Wildman–Crippen LogP) is 6.34. The first-order valence-corrected chi connectivity index (χ1v) is 10.8. The van der Waals surface area contributed by atoms with Gasteiger partial charge in [0.2, 0.25) is 0 Å². The average molecular weight is 429 g/mol. The lowest BCUT2D eigenvalue weighted by molar-refractivity contribution is 0.0726. The molecule has 156 valence electrons. The molecule has 0 saturated heterocycles. The molecule has 31 heavy (non-hydrogen) atoms. The van der Waals surface area contributed by atoms with E-state index >= 15 is 0 Å². The fraction of sp³-hybridized carbons (Fsp3) is 0.148. The normalized spacial score (nSPS) is 10.8. The Labute approximate surface area is 188 Å². The third kappa shape index (κ3) is 5.25. The second kappa shape index (κ2) is 9.67. The Morgan fingerprint density at radius 1 is 0.806 bits per heavy atom. The van der Waals surface area contributed by atoms with Gasteiger partial charge in [0.15, 0.2) is 0 Å². The van der Waals surface area contributed by atoms with Crippen LogP contribution in [0.5, 0.6) is 0 Å². The zero-order chi connectivity index (χ0) is 21.6. The largest absolute Gasteiger partial charge is 0.345 e. The molecule has 0 N–H and O–H groups in total. The van der Waals surface area contributed by atoms with Crippen molar-refractivity contribution in [1.29, 1.82) is 0 Å². The Morgan fingerprint density at radius 3 is 2.26 bits per heavy atom. The summed E-state index contributed by atoms with van der Waals surface area (Å²) in [7, 11) is 0. The number of benzene rings is 3. The lowest BCUT2D eigenvalue weighted by Crippen LogP contribution is -2.31. The van der Waals surface area contributed by atoms with Gasteiger partial charge in [-0.2, -0.15) is 0 Å². The monoisotopic (exact) mass is 428 g/mol. The molecule has 1 aromatic heterocycles. The van der Waals surface area contributed by atoms with E-state index in [-0.39, 0.29) is 5.91 Å². The molecule has 4 heteroatoms. The van der Waals surface area contributed by atoms with Gasteiger partial charge in [-0.3, -0.25) is 4.79 Å². The third-order valence-electron chi connectivity index (χ3n) is 5.36. The molecule has 0 fully saturated rings. The minimum absolute atomic E-state index is 0.0717. The van der Waals surface area contributed by atoms with Crippen LogP contribution in [0.15, 0.2) is 97.2 Å². The Balaban J connectivity index is 1.61. The van der Waals surface area contributed by atoms with E-state index in [0.717, 1.165) is 17.8 Å². The molecule has 0 aliphatic rings. The lowest BCUT2D eigenvalue weighted by atomic mass is 10.1. The minimum Gasteiger partial charge on any atom is -0.345 e. The Morgan fingerprint density at radius 2 is 1.52 bits per heavy atom. The topological polar surface area (TPSA) is 25.2 Å². The van der Waals surface area contributed by atoms with E-state index in [2.05, 4.69) is 48.0 Å². The summed E-state index contributed by atoms with van der Waals surface area (Å²) in [5.74, 6) is -0.0717. The highest BCUT2D eigenvalue weighted by molar-refractivity contribution is 6.33. The fourth-order valence-electron chi connectivity index (χ4n) is 3.64. The molecule has 1 amide bonds. The van der Waals surface area contributed by atoms with Gasteiger partial charge in [-0.1, -0.05) is 83.9 Å². The first-order valence-electron chi connectivity index (χ1n) is 10.4. The number of carbonyl (C=O) groups excluding carboxylic acids is 1. The van der Waals surface area contributed by atoms with Crippen molar-refractivity contribution < 1.29 is 4.79 Å². The third-order valence-corrected chi connectivity index (χ3v) is 5.69. The van der Waals surface area contributed by atoms with Crippen molar-refractivity contribution in [2.75, 3.05) is 0 Å². The van der Waals surface area contributed by atoms with Gasteiger partial charge in [0.25, 0.3) is 5.91 Å². The number of halogens is 1. The number of nitrogens with zero attached hydrogens (tertiary/aromatic N) is 2. The van der Waals surface area contributed by atoms with Crippen LogP contribution in [-0.4, -0.2) is 15.4 Å². The highest BCUT2D eigenvalue weighted by atomic mass is 35.5. The molecule has 0 aliphatic carbocycles. The van der Waals surface area contributed by atoms with Crippen molar-refractivity contribution in [3.8, 4) is 0 Å². The van der Waals surface area contributed by atoms with Gasteiger partial charge < -0.3 is 9.47 Å². The summed E-state index contributed by atoms with van der Waals surface area (Å²) in [6.45, 7) is 3.87. The zero-order valence-corrected chi connectivity index (χ0v) is 18.3. The standard InChI is InChI=1S/C27H25ClN2O/c1-21-13-15-23(16-14-21)18-29-17-7-10-24(29)20-30(19-22-8-3-2-4-9-22)27(31)25-11-5-6-12-26(25)28/h2-17H,18-20H2,1H3. The second-order valence-corrected chi connectivity index (χ2v) is 8.15. The number of aromatic nitrogens is 1. The molecule has 0 radical (unpaired) electrons. The summed E-state index contributed by atoms with van der Waals surface area (Å²) in [6.07, 6.45) is 2.07. The highest BCUT2D eigenvalue weighted by Crippen LogP contribution is 2.21. The number of amides is 1. The van der Waals surface area contributed by atoms with Gasteiger partial charge in [-0.25, -0.2) is 0 Å². The molecular formula is C27H25ClN2O. The SMILES string of the molecule is Cc1ccc(Cn2cccc2CN(Cc2ccccc2)C(=O)c2ccccc2Cl)cc1. The molecule has 4 aromatic rings. The first-order chi connectivity index (χ1) is 15.1. The van der Waals surface area contributed by atoms with Crippen LogP contribution >= 0.6 is 11.6 Å². The number of hydrogen-bond donors (Lipinski definition) is 0. The molecule has 0 unspecified atom stereocenters. The van der Waals surface area contributed by atoms with Gasteiger partial charge in [-0.05, 0) is 42.3 Å². The van der Waals surface area contributed by atoms with Crippen LogP contribution < -0.4 is 0 Å². The summed E-state index contributed by atoms with van der Waals surface area (Å²) in [6, 6.07) is 29.9. The molecule has 0 atom stereocenters. The van der Waals surface area contributed by atoms with Gasteiger partial charge >= 0.3 is 0 Å². The van der Waals surface area contributed by atoms with Crippen LogP contribution in [0.25, 0.3) is 0 Å². The van der Waals surface area contributed by atoms with Crippen LogP contribution in [0.1, 0.15) is 32.7 Å². The Bertz CT molecular complexity index is 1150. The summed E-state index contributed by atoms with van der Waals surface area (Å²) < 4.78 is 2.20. The molecular weight excluding hydrogens is 404 g/mol. The Hall–Kier alpha value is -3.30. The van der Waals surface area contributed by atoms with Crippen LogP contribution in [-0.2, 0) is 19.6 Å². The van der Waals surface area contributed by atoms with E-state index in [1.54, 1.807) is 12.1 Å². The molecule has 0 bridgehead atoms. The van der Waals surface area contributed by atoms with E-state index in [4.69, 9.17) is 11.6 Å². The zero-order valence-electron chi connectivity index (χ0n) is 17.5. The molecule has 0 aliphatic heterocycles. The van der Waals surface area contributed by atoms with Crippen LogP contribution in [0.4, 0.5) is 0 Å². The predicted molar refractivity (Wildman–Crippen MR) is 126 cm³/mol. The minimum atomic E-state index is -0.0717. The smallest absolute Gasteiger partial charge is 0.256 e. The van der Waals surface area contributed by atoms with Crippen molar-refractivity contribution in [3.63, 3.8) is 0 Å². The van der Waals surface area contributed by atoms with Crippen molar-refractivity contribution in [1.82, 2.24) is 9.47 Å².